The van der Waals surface area contributed by atoms with Gasteiger partial charge >= 0.3 is 0 Å². The van der Waals surface area contributed by atoms with Crippen LogP contribution in [0.15, 0.2) is 65.7 Å². The molecule has 0 saturated heterocycles. The van der Waals surface area contributed by atoms with E-state index in [1.54, 1.807) is 42.5 Å². The van der Waals surface area contributed by atoms with Gasteiger partial charge in [0.15, 0.2) is 0 Å². The summed E-state index contributed by atoms with van der Waals surface area (Å²) in [5.74, 6) is -0.118. The quantitative estimate of drug-likeness (QED) is 0.751. The Balaban J connectivity index is 2.10. The zero-order valence-electron chi connectivity index (χ0n) is 13.4. The van der Waals surface area contributed by atoms with E-state index in [-0.39, 0.29) is 4.90 Å². The molecule has 0 saturated carbocycles. The Bertz CT molecular complexity index is 1020. The number of anilines is 1. The number of sulfonamides is 1. The van der Waals surface area contributed by atoms with Gasteiger partial charge in [0.25, 0.3) is 0 Å². The number of rotatable bonds is 4. The van der Waals surface area contributed by atoms with Crippen LogP contribution in [0.2, 0.25) is 0 Å². The van der Waals surface area contributed by atoms with E-state index < -0.39 is 15.8 Å². The highest BCUT2D eigenvalue weighted by Crippen LogP contribution is 2.31. The molecule has 0 atom stereocenters. The van der Waals surface area contributed by atoms with Gasteiger partial charge in [0, 0.05) is 22.9 Å². The lowest BCUT2D eigenvalue weighted by atomic mass is 10.0. The maximum Gasteiger partial charge on any atom is 0.240 e. The van der Waals surface area contributed by atoms with Crippen molar-refractivity contribution in [2.24, 2.45) is 0 Å². The molecule has 0 bridgehead atoms. The normalized spacial score (nSPS) is 11.4. The molecule has 0 spiro atoms. The van der Waals surface area contributed by atoms with Crippen LogP contribution in [-0.2, 0) is 10.0 Å². The summed E-state index contributed by atoms with van der Waals surface area (Å²) in [5.41, 5.74) is 7.40. The Morgan fingerprint density at radius 1 is 1.00 bits per heavy atom. The summed E-state index contributed by atoms with van der Waals surface area (Å²) in [5, 5.41) is 0. The first-order valence-electron chi connectivity index (χ1n) is 7.47. The molecule has 2 aromatic carbocycles. The largest absolute Gasteiger partial charge is 0.384 e. The summed E-state index contributed by atoms with van der Waals surface area (Å²) in [6.45, 7) is 0. The van der Waals surface area contributed by atoms with Crippen LogP contribution in [0.4, 0.5) is 10.2 Å². The molecule has 128 valence electrons. The monoisotopic (exact) mass is 357 g/mol. The molecule has 5 nitrogen and oxygen atoms in total. The van der Waals surface area contributed by atoms with Gasteiger partial charge in [0.1, 0.15) is 11.6 Å². The van der Waals surface area contributed by atoms with Gasteiger partial charge in [0.2, 0.25) is 10.0 Å². The van der Waals surface area contributed by atoms with Crippen molar-refractivity contribution in [2.75, 3.05) is 12.8 Å². The van der Waals surface area contributed by atoms with Crippen LogP contribution in [-0.4, -0.2) is 20.4 Å². The minimum absolute atomic E-state index is 0.0961. The zero-order valence-corrected chi connectivity index (χ0v) is 14.2. The fourth-order valence-electron chi connectivity index (χ4n) is 2.53. The molecular formula is C18H16FN3O2S. The lowest BCUT2D eigenvalue weighted by molar-refractivity contribution is 0.588. The number of nitrogens with one attached hydrogen (secondary N) is 1. The Labute approximate surface area is 145 Å². The molecule has 3 rings (SSSR count). The van der Waals surface area contributed by atoms with E-state index in [4.69, 9.17) is 5.73 Å². The van der Waals surface area contributed by atoms with Crippen molar-refractivity contribution in [2.45, 2.75) is 4.90 Å². The van der Waals surface area contributed by atoms with Crippen LogP contribution in [0.5, 0.6) is 0 Å². The van der Waals surface area contributed by atoms with E-state index in [1.807, 2.05) is 0 Å². The lowest BCUT2D eigenvalue weighted by Gasteiger charge is -2.11. The molecule has 0 fully saturated rings. The number of aromatic nitrogens is 1. The second kappa shape index (κ2) is 6.62. The Morgan fingerprint density at radius 2 is 1.72 bits per heavy atom. The van der Waals surface area contributed by atoms with Gasteiger partial charge in [-0.15, -0.1) is 0 Å². The molecule has 0 aliphatic rings. The van der Waals surface area contributed by atoms with Gasteiger partial charge in [-0.3, -0.25) is 0 Å². The van der Waals surface area contributed by atoms with Gasteiger partial charge in [-0.05, 0) is 36.9 Å². The average molecular weight is 357 g/mol. The highest BCUT2D eigenvalue weighted by Gasteiger charge is 2.18. The second-order valence-electron chi connectivity index (χ2n) is 5.37. The molecule has 1 aromatic heterocycles. The standard InChI is InChI=1S/C18H16FN3O2S/c1-21-25(23,24)17-5-3-2-4-15(17)12-6-8-14(16(19)10-12)13-7-9-18(20)22-11-13/h2-11,21H,1H3,(H2,20,22). The van der Waals surface area contributed by atoms with E-state index in [2.05, 4.69) is 9.71 Å². The van der Waals surface area contributed by atoms with Crippen molar-refractivity contribution >= 4 is 15.8 Å². The van der Waals surface area contributed by atoms with Crippen LogP contribution in [0.25, 0.3) is 22.3 Å². The number of nitrogens with two attached hydrogens (primary N) is 1. The third-order valence-corrected chi connectivity index (χ3v) is 5.30. The first kappa shape index (κ1) is 17.1. The van der Waals surface area contributed by atoms with E-state index in [1.165, 1.54) is 25.4 Å². The lowest BCUT2D eigenvalue weighted by Crippen LogP contribution is -2.19. The van der Waals surface area contributed by atoms with Crippen LogP contribution < -0.4 is 10.5 Å². The molecule has 0 radical (unpaired) electrons. The smallest absolute Gasteiger partial charge is 0.240 e. The molecule has 1 heterocycles. The number of benzene rings is 2. The van der Waals surface area contributed by atoms with E-state index in [0.717, 1.165) is 0 Å². The molecule has 0 amide bonds. The van der Waals surface area contributed by atoms with E-state index >= 15 is 0 Å². The van der Waals surface area contributed by atoms with Crippen LogP contribution >= 0.6 is 0 Å². The number of halogens is 1. The molecule has 25 heavy (non-hydrogen) atoms. The number of hydrogen-bond donors (Lipinski definition) is 2. The SMILES string of the molecule is CNS(=O)(=O)c1ccccc1-c1ccc(-c2ccc(N)nc2)c(F)c1. The van der Waals surface area contributed by atoms with Crippen molar-refractivity contribution < 1.29 is 12.8 Å². The number of nitrogen functional groups attached to an aromatic ring is 1. The van der Waals surface area contributed by atoms with Crippen LogP contribution in [0.3, 0.4) is 0 Å². The topological polar surface area (TPSA) is 85.1 Å². The number of hydrogen-bond acceptors (Lipinski definition) is 4. The second-order valence-corrected chi connectivity index (χ2v) is 7.23. The fourth-order valence-corrected chi connectivity index (χ4v) is 3.48. The molecule has 0 unspecified atom stereocenters. The minimum Gasteiger partial charge on any atom is -0.384 e. The summed E-state index contributed by atoms with van der Waals surface area (Å²) in [4.78, 5) is 4.05. The number of pyridine rings is 1. The predicted octanol–water partition coefficient (Wildman–Crippen LogP) is 3.05. The first-order chi connectivity index (χ1) is 11.9. The van der Waals surface area contributed by atoms with Crippen molar-refractivity contribution in [1.82, 2.24) is 9.71 Å². The van der Waals surface area contributed by atoms with Crippen molar-refractivity contribution in [3.8, 4) is 22.3 Å². The summed E-state index contributed by atoms with van der Waals surface area (Å²) in [6.07, 6.45) is 1.49. The molecule has 0 aliphatic heterocycles. The van der Waals surface area contributed by atoms with Gasteiger partial charge < -0.3 is 5.73 Å². The van der Waals surface area contributed by atoms with Gasteiger partial charge in [0.05, 0.1) is 4.90 Å². The fraction of sp³-hybridized carbons (Fsp3) is 0.0556. The third-order valence-electron chi connectivity index (χ3n) is 3.82. The van der Waals surface area contributed by atoms with Gasteiger partial charge in [-0.1, -0.05) is 30.3 Å². The summed E-state index contributed by atoms with van der Waals surface area (Å²) < 4.78 is 41.2. The Morgan fingerprint density at radius 3 is 2.36 bits per heavy atom. The van der Waals surface area contributed by atoms with Crippen LogP contribution in [0, 0.1) is 5.82 Å². The van der Waals surface area contributed by atoms with Crippen molar-refractivity contribution in [1.29, 1.82) is 0 Å². The maximum atomic E-state index is 14.6. The maximum absolute atomic E-state index is 14.6. The predicted molar refractivity (Wildman–Crippen MR) is 95.7 cm³/mol. The first-order valence-corrected chi connectivity index (χ1v) is 8.95. The Kier molecular flexibility index (Phi) is 4.52. The summed E-state index contributed by atoms with van der Waals surface area (Å²) in [6, 6.07) is 14.3. The molecule has 0 aliphatic carbocycles. The number of nitrogens with zero attached hydrogens (tertiary/aromatic N) is 1. The van der Waals surface area contributed by atoms with Crippen molar-refractivity contribution in [3.63, 3.8) is 0 Å². The van der Waals surface area contributed by atoms with Gasteiger partial charge in [-0.2, -0.15) is 0 Å². The van der Waals surface area contributed by atoms with E-state index in [0.29, 0.717) is 28.1 Å². The van der Waals surface area contributed by atoms with E-state index in [9.17, 15) is 12.8 Å². The molecule has 7 heteroatoms. The molecular weight excluding hydrogens is 341 g/mol. The molecule has 3 aromatic rings. The average Bonchev–Trinajstić information content (AvgIpc) is 2.62. The van der Waals surface area contributed by atoms with Crippen LogP contribution in [0.1, 0.15) is 0 Å². The third kappa shape index (κ3) is 3.38. The van der Waals surface area contributed by atoms with Gasteiger partial charge in [-0.25, -0.2) is 22.5 Å². The highest BCUT2D eigenvalue weighted by molar-refractivity contribution is 7.89. The van der Waals surface area contributed by atoms with Crippen molar-refractivity contribution in [3.05, 3.63) is 66.6 Å². The summed E-state index contributed by atoms with van der Waals surface area (Å²) >= 11 is 0. The zero-order chi connectivity index (χ0) is 18.0. The highest BCUT2D eigenvalue weighted by atomic mass is 32.2. The molecule has 3 N–H and O–H groups in total. The minimum atomic E-state index is -3.65. The summed E-state index contributed by atoms with van der Waals surface area (Å²) in [7, 11) is -2.32. The Hall–Kier alpha value is -2.77.